The average molecular weight is 207 g/mol. The van der Waals surface area contributed by atoms with E-state index < -0.39 is 18.0 Å². The van der Waals surface area contributed by atoms with Crippen LogP contribution < -0.4 is 5.11 Å². The lowest BCUT2D eigenvalue weighted by atomic mass is 10.1. The second kappa shape index (κ2) is 5.14. The number of benzene rings is 1. The van der Waals surface area contributed by atoms with E-state index in [1.807, 2.05) is 6.07 Å². The summed E-state index contributed by atoms with van der Waals surface area (Å²) >= 11 is 0. The number of esters is 1. The lowest BCUT2D eigenvalue weighted by Gasteiger charge is -2.17. The van der Waals surface area contributed by atoms with Gasteiger partial charge in [0.2, 0.25) is 0 Å². The molecule has 1 rings (SSSR count). The molecule has 0 heterocycles. The zero-order valence-corrected chi connectivity index (χ0v) is 8.30. The maximum absolute atomic E-state index is 10.7. The number of hydrogen-bond acceptors (Lipinski definition) is 4. The minimum absolute atomic E-state index is 0.128. The van der Waals surface area contributed by atoms with Crippen molar-refractivity contribution in [2.24, 2.45) is 0 Å². The Labute approximate surface area is 87.5 Å². The third kappa shape index (κ3) is 3.81. The van der Waals surface area contributed by atoms with Crippen molar-refractivity contribution in [3.05, 3.63) is 35.9 Å². The van der Waals surface area contributed by atoms with Crippen LogP contribution in [0.3, 0.4) is 0 Å². The molecule has 0 N–H and O–H groups in total. The fourth-order valence-corrected chi connectivity index (χ4v) is 1.20. The fourth-order valence-electron chi connectivity index (χ4n) is 1.20. The number of ether oxygens (including phenoxy) is 1. The third-order valence-electron chi connectivity index (χ3n) is 1.84. The van der Waals surface area contributed by atoms with Gasteiger partial charge in [0.1, 0.15) is 6.10 Å². The van der Waals surface area contributed by atoms with Gasteiger partial charge in [0, 0.05) is 13.3 Å². The highest BCUT2D eigenvalue weighted by Crippen LogP contribution is 2.05. The summed E-state index contributed by atoms with van der Waals surface area (Å²) in [5, 5.41) is 10.7. The monoisotopic (exact) mass is 207 g/mol. The molecule has 0 bridgehead atoms. The number of carbonyl (C=O) groups is 2. The van der Waals surface area contributed by atoms with E-state index in [9.17, 15) is 14.7 Å². The summed E-state index contributed by atoms with van der Waals surface area (Å²) in [4.78, 5) is 21.3. The van der Waals surface area contributed by atoms with Gasteiger partial charge in [0.15, 0.2) is 0 Å². The van der Waals surface area contributed by atoms with Crippen LogP contribution in [0.5, 0.6) is 0 Å². The van der Waals surface area contributed by atoms with E-state index in [-0.39, 0.29) is 6.42 Å². The molecule has 0 spiro atoms. The number of hydrogen-bond donors (Lipinski definition) is 0. The highest BCUT2D eigenvalue weighted by molar-refractivity contribution is 5.75. The molecule has 0 aromatic heterocycles. The first kappa shape index (κ1) is 11.2. The van der Waals surface area contributed by atoms with Gasteiger partial charge in [-0.25, -0.2) is 0 Å². The SMILES string of the molecule is CC(=O)OC(Cc1ccccc1)C(=O)[O-]. The average Bonchev–Trinajstić information content (AvgIpc) is 2.17. The van der Waals surface area contributed by atoms with E-state index in [1.54, 1.807) is 24.3 Å². The molecule has 4 nitrogen and oxygen atoms in total. The van der Waals surface area contributed by atoms with E-state index in [4.69, 9.17) is 0 Å². The lowest BCUT2D eigenvalue weighted by molar-refractivity contribution is -0.315. The van der Waals surface area contributed by atoms with Crippen LogP contribution in [0.2, 0.25) is 0 Å². The van der Waals surface area contributed by atoms with Gasteiger partial charge in [-0.3, -0.25) is 4.79 Å². The van der Waals surface area contributed by atoms with Crippen LogP contribution in [-0.4, -0.2) is 18.0 Å². The molecular weight excluding hydrogens is 196 g/mol. The molecule has 0 aliphatic heterocycles. The summed E-state index contributed by atoms with van der Waals surface area (Å²) in [6.45, 7) is 1.17. The molecule has 0 radical (unpaired) electrons. The van der Waals surface area contributed by atoms with Crippen LogP contribution >= 0.6 is 0 Å². The maximum atomic E-state index is 10.7. The largest absolute Gasteiger partial charge is 0.546 e. The smallest absolute Gasteiger partial charge is 0.303 e. The van der Waals surface area contributed by atoms with Crippen molar-refractivity contribution in [1.82, 2.24) is 0 Å². The van der Waals surface area contributed by atoms with Crippen molar-refractivity contribution >= 4 is 11.9 Å². The van der Waals surface area contributed by atoms with Crippen LogP contribution in [0.15, 0.2) is 30.3 Å². The first-order chi connectivity index (χ1) is 7.09. The van der Waals surface area contributed by atoms with Crippen LogP contribution in [0.4, 0.5) is 0 Å². The minimum Gasteiger partial charge on any atom is -0.546 e. The molecule has 15 heavy (non-hydrogen) atoms. The maximum Gasteiger partial charge on any atom is 0.303 e. The standard InChI is InChI=1S/C11H12O4/c1-8(12)15-10(11(13)14)7-9-5-3-2-4-6-9/h2-6,10H,7H2,1H3,(H,13,14)/p-1. The Kier molecular flexibility index (Phi) is 3.85. The number of carboxylic acids is 1. The first-order valence-electron chi connectivity index (χ1n) is 4.51. The third-order valence-corrected chi connectivity index (χ3v) is 1.84. The molecule has 0 fully saturated rings. The summed E-state index contributed by atoms with van der Waals surface area (Å²) < 4.78 is 4.61. The summed E-state index contributed by atoms with van der Waals surface area (Å²) in [6, 6.07) is 8.92. The molecule has 1 atom stereocenters. The summed E-state index contributed by atoms with van der Waals surface area (Å²) in [7, 11) is 0. The molecule has 0 saturated carbocycles. The van der Waals surface area contributed by atoms with E-state index in [0.717, 1.165) is 5.56 Å². The van der Waals surface area contributed by atoms with Crippen molar-refractivity contribution in [3.8, 4) is 0 Å². The highest BCUT2D eigenvalue weighted by Gasteiger charge is 2.13. The highest BCUT2D eigenvalue weighted by atomic mass is 16.6. The zero-order valence-electron chi connectivity index (χ0n) is 8.30. The first-order valence-corrected chi connectivity index (χ1v) is 4.51. The van der Waals surface area contributed by atoms with Gasteiger partial charge in [0.25, 0.3) is 0 Å². The summed E-state index contributed by atoms with van der Waals surface area (Å²) in [5.74, 6) is -2.01. The van der Waals surface area contributed by atoms with Crippen LogP contribution in [0, 0.1) is 0 Å². The van der Waals surface area contributed by atoms with Crippen LogP contribution in [-0.2, 0) is 20.7 Å². The molecule has 0 aliphatic rings. The van der Waals surface area contributed by atoms with Gasteiger partial charge < -0.3 is 14.6 Å². The molecule has 0 amide bonds. The lowest BCUT2D eigenvalue weighted by Crippen LogP contribution is -2.39. The molecule has 80 valence electrons. The Morgan fingerprint density at radius 2 is 1.93 bits per heavy atom. The van der Waals surface area contributed by atoms with Crippen molar-refractivity contribution in [1.29, 1.82) is 0 Å². The van der Waals surface area contributed by atoms with E-state index in [1.165, 1.54) is 6.92 Å². The molecule has 1 aromatic carbocycles. The zero-order chi connectivity index (χ0) is 11.3. The molecule has 1 aromatic rings. The molecule has 1 unspecified atom stereocenters. The fraction of sp³-hybridized carbons (Fsp3) is 0.273. The second-order valence-corrected chi connectivity index (χ2v) is 3.11. The predicted octanol–water partition coefficient (Wildman–Crippen LogP) is -0.0893. The molecule has 0 saturated heterocycles. The molecule has 0 aliphatic carbocycles. The molecule has 4 heteroatoms. The van der Waals surface area contributed by atoms with Gasteiger partial charge in [0.05, 0.1) is 5.97 Å². The van der Waals surface area contributed by atoms with Crippen molar-refractivity contribution in [2.75, 3.05) is 0 Å². The summed E-state index contributed by atoms with van der Waals surface area (Å²) in [5.41, 5.74) is 0.785. The van der Waals surface area contributed by atoms with Gasteiger partial charge in [-0.1, -0.05) is 30.3 Å². The quantitative estimate of drug-likeness (QED) is 0.647. The number of carbonyl (C=O) groups excluding carboxylic acids is 2. The van der Waals surface area contributed by atoms with Crippen molar-refractivity contribution in [3.63, 3.8) is 0 Å². The van der Waals surface area contributed by atoms with Gasteiger partial charge in [-0.2, -0.15) is 0 Å². The molecular formula is C11H11O4-. The van der Waals surface area contributed by atoms with Crippen LogP contribution in [0.1, 0.15) is 12.5 Å². The van der Waals surface area contributed by atoms with E-state index in [2.05, 4.69) is 4.74 Å². The summed E-state index contributed by atoms with van der Waals surface area (Å²) in [6.07, 6.45) is -1.09. The Hall–Kier alpha value is -1.84. The van der Waals surface area contributed by atoms with Gasteiger partial charge >= 0.3 is 5.97 Å². The number of carboxylic acid groups (broad SMARTS) is 1. The van der Waals surface area contributed by atoms with Crippen molar-refractivity contribution < 1.29 is 19.4 Å². The Morgan fingerprint density at radius 1 is 1.33 bits per heavy atom. The topological polar surface area (TPSA) is 66.4 Å². The number of rotatable bonds is 4. The minimum atomic E-state index is -1.38. The predicted molar refractivity (Wildman–Crippen MR) is 50.7 cm³/mol. The second-order valence-electron chi connectivity index (χ2n) is 3.11. The Balaban J connectivity index is 2.67. The van der Waals surface area contributed by atoms with Gasteiger partial charge in [-0.15, -0.1) is 0 Å². The number of aliphatic carboxylic acids is 1. The Bertz CT molecular complexity index is 345. The van der Waals surface area contributed by atoms with Crippen molar-refractivity contribution in [2.45, 2.75) is 19.4 Å². The Morgan fingerprint density at radius 3 is 2.40 bits per heavy atom. The van der Waals surface area contributed by atoms with E-state index >= 15 is 0 Å². The van der Waals surface area contributed by atoms with Crippen LogP contribution in [0.25, 0.3) is 0 Å². The van der Waals surface area contributed by atoms with Gasteiger partial charge in [-0.05, 0) is 5.56 Å². The van der Waals surface area contributed by atoms with E-state index in [0.29, 0.717) is 0 Å². The normalized spacial score (nSPS) is 11.8.